The Labute approximate surface area is 120 Å². The molecule has 0 bridgehead atoms. The van der Waals surface area contributed by atoms with Crippen LogP contribution in [0.1, 0.15) is 37.5 Å². The van der Waals surface area contributed by atoms with E-state index in [2.05, 4.69) is 26.0 Å². The summed E-state index contributed by atoms with van der Waals surface area (Å²) in [6.45, 7) is 7.78. The standard InChI is InChI=1S/C18H20O2/c1-13-9-8-12-16(20-14(2)19)17(13)18(3,4)15-10-6-5-7-11-15/h5-12H,1-4H3. The van der Waals surface area contributed by atoms with E-state index in [4.69, 9.17) is 4.74 Å². The highest BCUT2D eigenvalue weighted by molar-refractivity contribution is 5.70. The van der Waals surface area contributed by atoms with E-state index in [1.807, 2.05) is 43.3 Å². The number of esters is 1. The van der Waals surface area contributed by atoms with E-state index in [0.717, 1.165) is 11.1 Å². The van der Waals surface area contributed by atoms with E-state index in [0.29, 0.717) is 5.75 Å². The van der Waals surface area contributed by atoms with Gasteiger partial charge in [0.15, 0.2) is 0 Å². The fraction of sp³-hybridized carbons (Fsp3) is 0.278. The van der Waals surface area contributed by atoms with Gasteiger partial charge in [-0.1, -0.05) is 56.3 Å². The first-order chi connectivity index (χ1) is 9.43. The highest BCUT2D eigenvalue weighted by Gasteiger charge is 2.28. The topological polar surface area (TPSA) is 26.3 Å². The van der Waals surface area contributed by atoms with Gasteiger partial charge >= 0.3 is 5.97 Å². The SMILES string of the molecule is CC(=O)Oc1cccc(C)c1C(C)(C)c1ccccc1. The summed E-state index contributed by atoms with van der Waals surface area (Å²) in [5.41, 5.74) is 3.15. The molecule has 0 atom stereocenters. The van der Waals surface area contributed by atoms with Crippen LogP contribution < -0.4 is 4.74 Å². The average molecular weight is 268 g/mol. The lowest BCUT2D eigenvalue weighted by atomic mass is 9.76. The minimum absolute atomic E-state index is 0.225. The second-order valence-electron chi connectivity index (χ2n) is 5.53. The van der Waals surface area contributed by atoms with Crippen LogP contribution in [0.15, 0.2) is 48.5 Å². The maximum Gasteiger partial charge on any atom is 0.308 e. The highest BCUT2D eigenvalue weighted by atomic mass is 16.5. The number of aryl methyl sites for hydroxylation is 1. The van der Waals surface area contributed by atoms with Crippen LogP contribution in [-0.2, 0) is 10.2 Å². The van der Waals surface area contributed by atoms with Crippen molar-refractivity contribution in [3.05, 3.63) is 65.2 Å². The largest absolute Gasteiger partial charge is 0.426 e. The summed E-state index contributed by atoms with van der Waals surface area (Å²) in [6, 6.07) is 16.1. The van der Waals surface area contributed by atoms with Gasteiger partial charge in [0.25, 0.3) is 0 Å². The molecule has 20 heavy (non-hydrogen) atoms. The molecule has 0 fully saturated rings. The monoisotopic (exact) mass is 268 g/mol. The minimum atomic E-state index is -0.291. The third kappa shape index (κ3) is 2.74. The van der Waals surface area contributed by atoms with Crippen LogP contribution in [0, 0.1) is 6.92 Å². The zero-order valence-electron chi connectivity index (χ0n) is 12.4. The summed E-state index contributed by atoms with van der Waals surface area (Å²) >= 11 is 0. The third-order valence-electron chi connectivity index (χ3n) is 3.61. The molecule has 2 aromatic rings. The van der Waals surface area contributed by atoms with Crippen LogP contribution in [0.3, 0.4) is 0 Å². The smallest absolute Gasteiger partial charge is 0.308 e. The summed E-state index contributed by atoms with van der Waals surface area (Å²) in [6.07, 6.45) is 0. The van der Waals surface area contributed by atoms with Crippen molar-refractivity contribution in [3.63, 3.8) is 0 Å². The number of carbonyl (C=O) groups excluding carboxylic acids is 1. The molecule has 0 aliphatic carbocycles. The van der Waals surface area contributed by atoms with E-state index >= 15 is 0 Å². The van der Waals surface area contributed by atoms with E-state index in [9.17, 15) is 4.79 Å². The van der Waals surface area contributed by atoms with Crippen LogP contribution in [-0.4, -0.2) is 5.97 Å². The van der Waals surface area contributed by atoms with Gasteiger partial charge in [0.05, 0.1) is 0 Å². The van der Waals surface area contributed by atoms with Crippen molar-refractivity contribution in [2.24, 2.45) is 0 Å². The second-order valence-corrected chi connectivity index (χ2v) is 5.53. The molecular weight excluding hydrogens is 248 g/mol. The Balaban J connectivity index is 2.59. The number of carbonyl (C=O) groups is 1. The van der Waals surface area contributed by atoms with Gasteiger partial charge in [0.2, 0.25) is 0 Å². The van der Waals surface area contributed by atoms with Crippen molar-refractivity contribution in [1.82, 2.24) is 0 Å². The fourth-order valence-corrected chi connectivity index (χ4v) is 2.68. The molecule has 0 amide bonds. The number of rotatable bonds is 3. The van der Waals surface area contributed by atoms with Crippen molar-refractivity contribution in [2.45, 2.75) is 33.1 Å². The molecule has 2 nitrogen and oxygen atoms in total. The number of hydrogen-bond acceptors (Lipinski definition) is 2. The van der Waals surface area contributed by atoms with Gasteiger partial charge < -0.3 is 4.74 Å². The molecule has 2 rings (SSSR count). The van der Waals surface area contributed by atoms with E-state index < -0.39 is 0 Å². The molecule has 0 aliphatic heterocycles. The van der Waals surface area contributed by atoms with Gasteiger partial charge in [-0.15, -0.1) is 0 Å². The van der Waals surface area contributed by atoms with Crippen molar-refractivity contribution < 1.29 is 9.53 Å². The van der Waals surface area contributed by atoms with E-state index in [-0.39, 0.29) is 11.4 Å². The lowest BCUT2D eigenvalue weighted by Crippen LogP contribution is -2.22. The molecule has 0 aromatic heterocycles. The fourth-order valence-electron chi connectivity index (χ4n) is 2.68. The molecule has 0 radical (unpaired) electrons. The Hall–Kier alpha value is -2.09. The first kappa shape index (κ1) is 14.3. The molecule has 104 valence electrons. The molecule has 0 saturated carbocycles. The van der Waals surface area contributed by atoms with Gasteiger partial charge in [-0.25, -0.2) is 0 Å². The van der Waals surface area contributed by atoms with Crippen LogP contribution in [0.25, 0.3) is 0 Å². The summed E-state index contributed by atoms with van der Waals surface area (Å²) in [5.74, 6) is 0.354. The number of ether oxygens (including phenoxy) is 1. The Morgan fingerprint density at radius 3 is 2.25 bits per heavy atom. The van der Waals surface area contributed by atoms with Gasteiger partial charge in [0.1, 0.15) is 5.75 Å². The van der Waals surface area contributed by atoms with E-state index in [1.54, 1.807) is 0 Å². The molecule has 0 N–H and O–H groups in total. The summed E-state index contributed by atoms with van der Waals surface area (Å²) < 4.78 is 5.40. The Kier molecular flexibility index (Phi) is 3.93. The predicted octanol–water partition coefficient (Wildman–Crippen LogP) is 4.25. The van der Waals surface area contributed by atoms with Gasteiger partial charge in [-0.05, 0) is 24.1 Å². The van der Waals surface area contributed by atoms with Gasteiger partial charge in [0, 0.05) is 17.9 Å². The van der Waals surface area contributed by atoms with Gasteiger partial charge in [-0.3, -0.25) is 4.79 Å². The van der Waals surface area contributed by atoms with Crippen molar-refractivity contribution >= 4 is 5.97 Å². The van der Waals surface area contributed by atoms with Crippen molar-refractivity contribution in [1.29, 1.82) is 0 Å². The number of hydrogen-bond donors (Lipinski definition) is 0. The molecule has 0 aliphatic rings. The summed E-state index contributed by atoms with van der Waals surface area (Å²) in [5, 5.41) is 0. The van der Waals surface area contributed by atoms with Crippen LogP contribution in [0.5, 0.6) is 5.75 Å². The molecule has 2 heteroatoms. The predicted molar refractivity (Wildman–Crippen MR) is 81.1 cm³/mol. The first-order valence-corrected chi connectivity index (χ1v) is 6.77. The van der Waals surface area contributed by atoms with Crippen LogP contribution in [0.4, 0.5) is 0 Å². The Bertz CT molecular complexity index is 613. The zero-order valence-corrected chi connectivity index (χ0v) is 12.4. The second kappa shape index (κ2) is 5.49. The van der Waals surface area contributed by atoms with Crippen molar-refractivity contribution in [2.75, 3.05) is 0 Å². The highest BCUT2D eigenvalue weighted by Crippen LogP contribution is 2.39. The third-order valence-corrected chi connectivity index (χ3v) is 3.61. The summed E-state index contributed by atoms with van der Waals surface area (Å²) in [4.78, 5) is 11.3. The molecule has 2 aromatic carbocycles. The first-order valence-electron chi connectivity index (χ1n) is 6.77. The Morgan fingerprint density at radius 1 is 1.00 bits per heavy atom. The van der Waals surface area contributed by atoms with E-state index in [1.165, 1.54) is 12.5 Å². The maximum atomic E-state index is 11.3. The lowest BCUT2D eigenvalue weighted by Gasteiger charge is -2.29. The normalized spacial score (nSPS) is 11.2. The molecule has 0 saturated heterocycles. The lowest BCUT2D eigenvalue weighted by molar-refractivity contribution is -0.131. The Morgan fingerprint density at radius 2 is 1.65 bits per heavy atom. The zero-order chi connectivity index (χ0) is 14.8. The van der Waals surface area contributed by atoms with Gasteiger partial charge in [-0.2, -0.15) is 0 Å². The number of benzene rings is 2. The maximum absolute atomic E-state index is 11.3. The van der Waals surface area contributed by atoms with Crippen LogP contribution >= 0.6 is 0 Å². The molecular formula is C18H20O2. The van der Waals surface area contributed by atoms with Crippen LogP contribution in [0.2, 0.25) is 0 Å². The van der Waals surface area contributed by atoms with Crippen molar-refractivity contribution in [3.8, 4) is 5.75 Å². The molecule has 0 heterocycles. The average Bonchev–Trinajstić information content (AvgIpc) is 2.38. The quantitative estimate of drug-likeness (QED) is 0.614. The minimum Gasteiger partial charge on any atom is -0.426 e. The molecule has 0 spiro atoms. The summed E-state index contributed by atoms with van der Waals surface area (Å²) in [7, 11) is 0. The molecule has 0 unspecified atom stereocenters.